The van der Waals surface area contributed by atoms with Gasteiger partial charge in [-0.1, -0.05) is 18.2 Å². The Morgan fingerprint density at radius 3 is 2.74 bits per heavy atom. The van der Waals surface area contributed by atoms with Gasteiger partial charge in [0.25, 0.3) is 0 Å². The Morgan fingerprint density at radius 1 is 1.42 bits per heavy atom. The number of ether oxygens (including phenoxy) is 1. The van der Waals surface area contributed by atoms with Crippen LogP contribution in [0.1, 0.15) is 38.7 Å². The summed E-state index contributed by atoms with van der Waals surface area (Å²) in [5.74, 6) is 0.314. The third-order valence-corrected chi connectivity index (χ3v) is 3.20. The lowest BCUT2D eigenvalue weighted by Crippen LogP contribution is -2.36. The Kier molecular flexibility index (Phi) is 3.80. The van der Waals surface area contributed by atoms with Crippen molar-refractivity contribution in [3.05, 3.63) is 29.8 Å². The van der Waals surface area contributed by atoms with Gasteiger partial charge in [0.05, 0.1) is 5.69 Å². The summed E-state index contributed by atoms with van der Waals surface area (Å²) in [4.78, 5) is 14.0. The van der Waals surface area contributed by atoms with Crippen LogP contribution < -0.4 is 10.6 Å². The molecule has 2 N–H and O–H groups in total. The van der Waals surface area contributed by atoms with E-state index >= 15 is 0 Å². The molecule has 0 spiro atoms. The zero-order chi connectivity index (χ0) is 14.0. The van der Waals surface area contributed by atoms with Gasteiger partial charge < -0.3 is 10.5 Å². The topological polar surface area (TPSA) is 55.6 Å². The zero-order valence-electron chi connectivity index (χ0n) is 11.8. The summed E-state index contributed by atoms with van der Waals surface area (Å²) >= 11 is 0. The molecule has 4 heteroatoms. The summed E-state index contributed by atoms with van der Waals surface area (Å²) in [5.41, 5.74) is 7.33. The maximum absolute atomic E-state index is 12.2. The second-order valence-electron chi connectivity index (χ2n) is 5.92. The Morgan fingerprint density at radius 2 is 2.11 bits per heavy atom. The molecule has 1 heterocycles. The van der Waals surface area contributed by atoms with Crippen LogP contribution in [-0.4, -0.2) is 24.8 Å². The molecule has 0 saturated carbocycles. The first-order valence-electron chi connectivity index (χ1n) is 6.72. The van der Waals surface area contributed by atoms with Crippen LogP contribution in [-0.2, 0) is 4.74 Å². The summed E-state index contributed by atoms with van der Waals surface area (Å²) in [6.45, 7) is 6.92. The van der Waals surface area contributed by atoms with Crippen LogP contribution >= 0.6 is 0 Å². The molecule has 0 fully saturated rings. The minimum absolute atomic E-state index is 0.278. The molecule has 1 aliphatic rings. The van der Waals surface area contributed by atoms with Crippen LogP contribution in [0.2, 0.25) is 0 Å². The lowest BCUT2D eigenvalue weighted by atomic mass is 9.98. The zero-order valence-corrected chi connectivity index (χ0v) is 11.8. The van der Waals surface area contributed by atoms with Gasteiger partial charge in [0.1, 0.15) is 5.60 Å². The highest BCUT2D eigenvalue weighted by Crippen LogP contribution is 2.38. The SMILES string of the molecule is CC(C)(C)OC(=O)N1CC(CCN)c2ccccc21. The Balaban J connectivity index is 2.22. The normalized spacial score (nSPS) is 18.3. The second-order valence-corrected chi connectivity index (χ2v) is 5.92. The molecule has 0 saturated heterocycles. The van der Waals surface area contributed by atoms with Crippen molar-refractivity contribution in [1.29, 1.82) is 0 Å². The van der Waals surface area contributed by atoms with Gasteiger partial charge in [0.15, 0.2) is 0 Å². The fourth-order valence-corrected chi connectivity index (χ4v) is 2.43. The largest absolute Gasteiger partial charge is 0.443 e. The maximum atomic E-state index is 12.2. The molecule has 19 heavy (non-hydrogen) atoms. The van der Waals surface area contributed by atoms with Gasteiger partial charge in [-0.3, -0.25) is 4.90 Å². The molecular weight excluding hydrogens is 240 g/mol. The van der Waals surface area contributed by atoms with E-state index in [1.807, 2.05) is 39.0 Å². The van der Waals surface area contributed by atoms with Crippen LogP contribution in [0.15, 0.2) is 24.3 Å². The van der Waals surface area contributed by atoms with Crippen molar-refractivity contribution in [2.45, 2.75) is 38.7 Å². The number of nitrogens with zero attached hydrogens (tertiary/aromatic N) is 1. The molecular formula is C15H22N2O2. The third kappa shape index (κ3) is 3.07. The predicted molar refractivity (Wildman–Crippen MR) is 76.4 cm³/mol. The average molecular weight is 262 g/mol. The summed E-state index contributed by atoms with van der Waals surface area (Å²) < 4.78 is 5.46. The van der Waals surface area contributed by atoms with E-state index < -0.39 is 5.60 Å². The van der Waals surface area contributed by atoms with Crippen LogP contribution in [0.5, 0.6) is 0 Å². The molecule has 0 bridgehead atoms. The molecule has 4 nitrogen and oxygen atoms in total. The fraction of sp³-hybridized carbons (Fsp3) is 0.533. The summed E-state index contributed by atoms with van der Waals surface area (Å²) in [7, 11) is 0. The van der Waals surface area contributed by atoms with Gasteiger partial charge in [-0.25, -0.2) is 4.79 Å². The fourth-order valence-electron chi connectivity index (χ4n) is 2.43. The first-order chi connectivity index (χ1) is 8.92. The van der Waals surface area contributed by atoms with Crippen molar-refractivity contribution in [3.8, 4) is 0 Å². The first-order valence-corrected chi connectivity index (χ1v) is 6.72. The highest BCUT2D eigenvalue weighted by molar-refractivity contribution is 5.91. The van der Waals surface area contributed by atoms with Gasteiger partial charge in [-0.05, 0) is 45.4 Å². The first kappa shape index (κ1) is 13.9. The van der Waals surface area contributed by atoms with Crippen LogP contribution in [0.25, 0.3) is 0 Å². The van der Waals surface area contributed by atoms with Gasteiger partial charge in [-0.15, -0.1) is 0 Å². The molecule has 1 aromatic carbocycles. The Labute approximate surface area is 114 Å². The number of hydrogen-bond acceptors (Lipinski definition) is 3. The molecule has 1 aliphatic heterocycles. The monoisotopic (exact) mass is 262 g/mol. The van der Waals surface area contributed by atoms with Crippen LogP contribution in [0, 0.1) is 0 Å². The lowest BCUT2D eigenvalue weighted by molar-refractivity contribution is 0.0582. The molecule has 1 unspecified atom stereocenters. The van der Waals surface area contributed by atoms with E-state index in [1.54, 1.807) is 4.90 Å². The molecule has 1 aromatic rings. The number of carbonyl (C=O) groups excluding carboxylic acids is 1. The highest BCUT2D eigenvalue weighted by atomic mass is 16.6. The van der Waals surface area contributed by atoms with Gasteiger partial charge in [-0.2, -0.15) is 0 Å². The van der Waals surface area contributed by atoms with E-state index in [2.05, 4.69) is 6.07 Å². The van der Waals surface area contributed by atoms with E-state index in [-0.39, 0.29) is 6.09 Å². The Hall–Kier alpha value is -1.55. The van der Waals surface area contributed by atoms with Crippen LogP contribution in [0.4, 0.5) is 10.5 Å². The minimum atomic E-state index is -0.474. The van der Waals surface area contributed by atoms with E-state index in [0.29, 0.717) is 19.0 Å². The number of hydrogen-bond donors (Lipinski definition) is 1. The van der Waals surface area contributed by atoms with E-state index in [4.69, 9.17) is 10.5 Å². The maximum Gasteiger partial charge on any atom is 0.414 e. The smallest absolute Gasteiger partial charge is 0.414 e. The average Bonchev–Trinajstić information content (AvgIpc) is 2.67. The van der Waals surface area contributed by atoms with Crippen molar-refractivity contribution >= 4 is 11.8 Å². The van der Waals surface area contributed by atoms with Crippen molar-refractivity contribution in [2.75, 3.05) is 18.0 Å². The third-order valence-electron chi connectivity index (χ3n) is 3.20. The number of para-hydroxylation sites is 1. The summed E-state index contributed by atoms with van der Waals surface area (Å²) in [6.07, 6.45) is 0.607. The van der Waals surface area contributed by atoms with Crippen molar-refractivity contribution < 1.29 is 9.53 Å². The number of rotatable bonds is 2. The summed E-state index contributed by atoms with van der Waals surface area (Å²) in [6, 6.07) is 7.98. The van der Waals surface area contributed by atoms with E-state index in [1.165, 1.54) is 5.56 Å². The number of fused-ring (bicyclic) bond motifs is 1. The number of nitrogens with two attached hydrogens (primary N) is 1. The molecule has 0 aliphatic carbocycles. The number of anilines is 1. The van der Waals surface area contributed by atoms with Gasteiger partial charge in [0, 0.05) is 12.5 Å². The lowest BCUT2D eigenvalue weighted by Gasteiger charge is -2.25. The molecule has 1 amide bonds. The van der Waals surface area contributed by atoms with Crippen LogP contribution in [0.3, 0.4) is 0 Å². The Bertz CT molecular complexity index is 465. The van der Waals surface area contributed by atoms with Crippen molar-refractivity contribution in [2.24, 2.45) is 5.73 Å². The highest BCUT2D eigenvalue weighted by Gasteiger charge is 2.33. The van der Waals surface area contributed by atoms with Gasteiger partial charge in [0.2, 0.25) is 0 Å². The van der Waals surface area contributed by atoms with E-state index in [9.17, 15) is 4.79 Å². The number of amides is 1. The summed E-state index contributed by atoms with van der Waals surface area (Å²) in [5, 5.41) is 0. The molecule has 0 radical (unpaired) electrons. The van der Waals surface area contributed by atoms with Crippen molar-refractivity contribution in [1.82, 2.24) is 0 Å². The second kappa shape index (κ2) is 5.21. The molecule has 2 rings (SSSR count). The standard InChI is InChI=1S/C15H22N2O2/c1-15(2,3)19-14(18)17-10-11(8-9-16)12-6-4-5-7-13(12)17/h4-7,11H,8-10,16H2,1-3H3. The van der Waals surface area contributed by atoms with Gasteiger partial charge >= 0.3 is 6.09 Å². The van der Waals surface area contributed by atoms with E-state index in [0.717, 1.165) is 12.1 Å². The molecule has 0 aromatic heterocycles. The molecule has 1 atom stereocenters. The quantitative estimate of drug-likeness (QED) is 0.891. The minimum Gasteiger partial charge on any atom is -0.443 e. The predicted octanol–water partition coefficient (Wildman–Crippen LogP) is 2.87. The number of carbonyl (C=O) groups is 1. The molecule has 104 valence electrons. The number of benzene rings is 1. The van der Waals surface area contributed by atoms with Crippen molar-refractivity contribution in [3.63, 3.8) is 0 Å².